The first-order valence-electron chi connectivity index (χ1n) is 8.63. The second kappa shape index (κ2) is 6.75. The van der Waals surface area contributed by atoms with Gasteiger partial charge in [0.1, 0.15) is 0 Å². The number of nitrogens with zero attached hydrogens (tertiary/aromatic N) is 2. The highest BCUT2D eigenvalue weighted by molar-refractivity contribution is 7.89. The molecule has 1 amide bonds. The van der Waals surface area contributed by atoms with E-state index in [0.29, 0.717) is 20.0 Å². The molecule has 0 spiro atoms. The summed E-state index contributed by atoms with van der Waals surface area (Å²) in [6.45, 7) is 1.50. The van der Waals surface area contributed by atoms with Gasteiger partial charge in [0.25, 0.3) is 0 Å². The van der Waals surface area contributed by atoms with E-state index in [1.807, 2.05) is 0 Å². The molecule has 3 rings (SSSR count). The Hall–Kier alpha value is -1.65. The molecule has 27 heavy (non-hydrogen) atoms. The summed E-state index contributed by atoms with van der Waals surface area (Å²) in [5.74, 6) is 0.132. The Bertz CT molecular complexity index is 810. The summed E-state index contributed by atoms with van der Waals surface area (Å²) >= 11 is 0. The van der Waals surface area contributed by atoms with Gasteiger partial charge >= 0.3 is 6.18 Å². The molecule has 6 nitrogen and oxygen atoms in total. The molecular formula is C17H21F3N2O4S. The lowest BCUT2D eigenvalue weighted by Gasteiger charge is -2.34. The van der Waals surface area contributed by atoms with Crippen LogP contribution < -0.4 is 0 Å². The molecule has 1 aliphatic carbocycles. The van der Waals surface area contributed by atoms with Gasteiger partial charge in [0.2, 0.25) is 15.9 Å². The topological polar surface area (TPSA) is 77.9 Å². The van der Waals surface area contributed by atoms with Crippen LogP contribution in [0.25, 0.3) is 0 Å². The SMILES string of the molecule is CC(O)(c1ccc(S(=O)(=O)N2CCN(C(=O)C3CC3)CC2)cc1)C(F)(F)F. The molecule has 150 valence electrons. The molecule has 1 atom stereocenters. The molecule has 1 aromatic rings. The van der Waals surface area contributed by atoms with Gasteiger partial charge in [0.15, 0.2) is 5.60 Å². The van der Waals surface area contributed by atoms with Gasteiger partial charge in [0.05, 0.1) is 4.90 Å². The Kier molecular flexibility index (Phi) is 5.02. The molecule has 2 fully saturated rings. The summed E-state index contributed by atoms with van der Waals surface area (Å²) in [6.07, 6.45) is -3.12. The van der Waals surface area contributed by atoms with Gasteiger partial charge in [-0.1, -0.05) is 12.1 Å². The largest absolute Gasteiger partial charge is 0.421 e. The van der Waals surface area contributed by atoms with E-state index in [1.165, 1.54) is 4.31 Å². The van der Waals surface area contributed by atoms with Crippen LogP contribution in [0.1, 0.15) is 25.3 Å². The maximum absolute atomic E-state index is 12.9. The van der Waals surface area contributed by atoms with Crippen LogP contribution in [0.5, 0.6) is 0 Å². The number of carbonyl (C=O) groups excluding carboxylic acids is 1. The fourth-order valence-corrected chi connectivity index (χ4v) is 4.42. The third-order valence-corrected chi connectivity index (χ3v) is 7.00. The van der Waals surface area contributed by atoms with E-state index < -0.39 is 27.4 Å². The molecule has 0 aromatic heterocycles. The second-order valence-electron chi connectivity index (χ2n) is 7.10. The lowest BCUT2D eigenvalue weighted by atomic mass is 9.96. The minimum atomic E-state index is -4.88. The van der Waals surface area contributed by atoms with E-state index in [4.69, 9.17) is 0 Å². The fraction of sp³-hybridized carbons (Fsp3) is 0.588. The summed E-state index contributed by atoms with van der Waals surface area (Å²) in [4.78, 5) is 13.6. The van der Waals surface area contributed by atoms with E-state index in [9.17, 15) is 31.5 Å². The van der Waals surface area contributed by atoms with Crippen molar-refractivity contribution in [1.82, 2.24) is 9.21 Å². The highest BCUT2D eigenvalue weighted by atomic mass is 32.2. The van der Waals surface area contributed by atoms with Crippen molar-refractivity contribution in [3.63, 3.8) is 0 Å². The molecule has 1 aromatic carbocycles. The lowest BCUT2D eigenvalue weighted by molar-refractivity contribution is -0.258. The standard InChI is InChI=1S/C17H21F3N2O4S/c1-16(24,17(18,19)20)13-4-6-14(7-5-13)27(25,26)22-10-8-21(9-11-22)15(23)12-2-3-12/h4-7,12,24H,2-3,8-11H2,1H3. The number of benzene rings is 1. The average molecular weight is 406 g/mol. The van der Waals surface area contributed by atoms with Crippen molar-refractivity contribution in [2.24, 2.45) is 5.92 Å². The molecule has 1 aliphatic heterocycles. The van der Waals surface area contributed by atoms with Gasteiger partial charge in [-0.3, -0.25) is 4.79 Å². The highest BCUT2D eigenvalue weighted by Crippen LogP contribution is 2.38. The zero-order valence-corrected chi connectivity index (χ0v) is 15.6. The zero-order chi connectivity index (χ0) is 20.0. The number of rotatable bonds is 4. The molecule has 0 bridgehead atoms. The van der Waals surface area contributed by atoms with Gasteiger partial charge < -0.3 is 10.0 Å². The van der Waals surface area contributed by atoms with Crippen molar-refractivity contribution in [1.29, 1.82) is 0 Å². The third-order valence-electron chi connectivity index (χ3n) is 5.08. The average Bonchev–Trinajstić information content (AvgIpc) is 3.45. The molecule has 2 aliphatic rings. The van der Waals surface area contributed by atoms with Crippen LogP contribution in [0.4, 0.5) is 13.2 Å². The molecular weight excluding hydrogens is 385 g/mol. The van der Waals surface area contributed by atoms with E-state index in [-0.39, 0.29) is 29.8 Å². The van der Waals surface area contributed by atoms with E-state index in [1.54, 1.807) is 4.90 Å². The number of amides is 1. The van der Waals surface area contributed by atoms with Crippen molar-refractivity contribution < 1.29 is 31.5 Å². The summed E-state index contributed by atoms with van der Waals surface area (Å²) in [5, 5.41) is 9.67. The van der Waals surface area contributed by atoms with Crippen LogP contribution in [0.3, 0.4) is 0 Å². The van der Waals surface area contributed by atoms with E-state index in [0.717, 1.165) is 37.1 Å². The smallest absolute Gasteiger partial charge is 0.376 e. The fourth-order valence-electron chi connectivity index (χ4n) is 3.00. The number of carbonyl (C=O) groups is 1. The first-order chi connectivity index (χ1) is 12.4. The maximum Gasteiger partial charge on any atom is 0.421 e. The van der Waals surface area contributed by atoms with Crippen LogP contribution in [-0.4, -0.2) is 61.0 Å². The van der Waals surface area contributed by atoms with Crippen molar-refractivity contribution in [3.8, 4) is 0 Å². The van der Waals surface area contributed by atoms with E-state index in [2.05, 4.69) is 0 Å². The van der Waals surface area contributed by atoms with Crippen LogP contribution in [0.2, 0.25) is 0 Å². The summed E-state index contributed by atoms with van der Waals surface area (Å²) in [6, 6.07) is 4.06. The van der Waals surface area contributed by atoms with Crippen LogP contribution >= 0.6 is 0 Å². The van der Waals surface area contributed by atoms with Crippen molar-refractivity contribution in [2.75, 3.05) is 26.2 Å². The first-order valence-corrected chi connectivity index (χ1v) is 10.1. The first kappa shape index (κ1) is 20.1. The Morgan fingerprint density at radius 1 is 1.07 bits per heavy atom. The molecule has 1 heterocycles. The van der Waals surface area contributed by atoms with Gasteiger partial charge in [-0.05, 0) is 37.5 Å². The number of aliphatic hydroxyl groups is 1. The maximum atomic E-state index is 12.9. The molecule has 1 unspecified atom stereocenters. The number of piperazine rings is 1. The molecule has 1 N–H and O–H groups in total. The number of sulfonamides is 1. The molecule has 0 radical (unpaired) electrons. The molecule has 10 heteroatoms. The lowest BCUT2D eigenvalue weighted by Crippen LogP contribution is -2.50. The number of hydrogen-bond acceptors (Lipinski definition) is 4. The highest BCUT2D eigenvalue weighted by Gasteiger charge is 2.51. The molecule has 1 saturated heterocycles. The summed E-state index contributed by atoms with van der Waals surface area (Å²) in [5.41, 5.74) is -3.50. The van der Waals surface area contributed by atoms with Crippen LogP contribution in [-0.2, 0) is 20.4 Å². The summed E-state index contributed by atoms with van der Waals surface area (Å²) < 4.78 is 65.3. The Morgan fingerprint density at radius 2 is 1.59 bits per heavy atom. The predicted octanol–water partition coefficient (Wildman–Crippen LogP) is 1.70. The second-order valence-corrected chi connectivity index (χ2v) is 9.04. The zero-order valence-electron chi connectivity index (χ0n) is 14.7. The number of halogens is 3. The van der Waals surface area contributed by atoms with Crippen LogP contribution in [0.15, 0.2) is 29.2 Å². The van der Waals surface area contributed by atoms with Crippen molar-refractivity contribution in [3.05, 3.63) is 29.8 Å². The van der Waals surface area contributed by atoms with Gasteiger partial charge in [-0.25, -0.2) is 8.42 Å². The normalized spacial score (nSPS) is 21.7. The molecule has 1 saturated carbocycles. The number of alkyl halides is 3. The Balaban J connectivity index is 1.71. The minimum absolute atomic E-state index is 0.0609. The van der Waals surface area contributed by atoms with Gasteiger partial charge in [-0.15, -0.1) is 0 Å². The Morgan fingerprint density at radius 3 is 2.04 bits per heavy atom. The monoisotopic (exact) mass is 406 g/mol. The van der Waals surface area contributed by atoms with E-state index >= 15 is 0 Å². The van der Waals surface area contributed by atoms with Gasteiger partial charge in [-0.2, -0.15) is 17.5 Å². The van der Waals surface area contributed by atoms with Crippen molar-refractivity contribution in [2.45, 2.75) is 36.4 Å². The Labute approximate surface area is 155 Å². The minimum Gasteiger partial charge on any atom is -0.376 e. The van der Waals surface area contributed by atoms with Crippen LogP contribution in [0, 0.1) is 5.92 Å². The van der Waals surface area contributed by atoms with Gasteiger partial charge in [0, 0.05) is 32.1 Å². The third kappa shape index (κ3) is 3.83. The summed E-state index contributed by atoms with van der Waals surface area (Å²) in [7, 11) is -3.88. The number of hydrogen-bond donors (Lipinski definition) is 1. The quantitative estimate of drug-likeness (QED) is 0.826. The predicted molar refractivity (Wildman–Crippen MR) is 90.1 cm³/mol. The van der Waals surface area contributed by atoms with Crippen molar-refractivity contribution >= 4 is 15.9 Å².